The standard InChI is InChI=1S/C19H24N6O2/c1-2-27-19(26)24-10-8-15(9-11-24)21-18-22-17(13-20-23-18)25-12-7-14-5-3-4-6-16(14)25/h3-6,13,15H,2,7-12H2,1H3,(H,21,22,23). The number of ether oxygens (including phenoxy) is 1. The third kappa shape index (κ3) is 3.79. The molecule has 0 aliphatic carbocycles. The fourth-order valence-corrected chi connectivity index (χ4v) is 3.67. The van der Waals surface area contributed by atoms with E-state index in [-0.39, 0.29) is 12.1 Å². The number of likely N-dealkylation sites (tertiary alicyclic amines) is 1. The monoisotopic (exact) mass is 368 g/mol. The predicted octanol–water partition coefficient (Wildman–Crippen LogP) is 2.60. The van der Waals surface area contributed by atoms with Crippen molar-refractivity contribution in [2.75, 3.05) is 36.5 Å². The zero-order chi connectivity index (χ0) is 18.6. The fraction of sp³-hybridized carbons (Fsp3) is 0.474. The molecule has 1 aromatic carbocycles. The maximum absolute atomic E-state index is 11.8. The molecule has 0 atom stereocenters. The number of anilines is 3. The maximum atomic E-state index is 11.8. The van der Waals surface area contributed by atoms with Gasteiger partial charge in [0, 0.05) is 31.4 Å². The number of rotatable bonds is 4. The zero-order valence-electron chi connectivity index (χ0n) is 15.5. The Labute approximate surface area is 158 Å². The van der Waals surface area contributed by atoms with E-state index >= 15 is 0 Å². The van der Waals surface area contributed by atoms with Crippen LogP contribution in [0.4, 0.5) is 22.2 Å². The molecule has 8 heteroatoms. The maximum Gasteiger partial charge on any atom is 0.409 e. The van der Waals surface area contributed by atoms with Crippen LogP contribution in [-0.2, 0) is 11.2 Å². The van der Waals surface area contributed by atoms with E-state index in [1.807, 2.05) is 13.0 Å². The fourth-order valence-electron chi connectivity index (χ4n) is 3.67. The van der Waals surface area contributed by atoms with E-state index in [1.54, 1.807) is 11.1 Å². The van der Waals surface area contributed by atoms with Crippen molar-refractivity contribution in [2.24, 2.45) is 0 Å². The van der Waals surface area contributed by atoms with Crippen LogP contribution in [0.25, 0.3) is 0 Å². The molecule has 3 heterocycles. The van der Waals surface area contributed by atoms with Gasteiger partial charge in [-0.1, -0.05) is 18.2 Å². The van der Waals surface area contributed by atoms with E-state index in [2.05, 4.69) is 43.6 Å². The molecule has 0 bridgehead atoms. The highest BCUT2D eigenvalue weighted by atomic mass is 16.6. The highest BCUT2D eigenvalue weighted by Gasteiger charge is 2.25. The minimum atomic E-state index is -0.233. The number of hydrogen-bond acceptors (Lipinski definition) is 7. The quantitative estimate of drug-likeness (QED) is 0.888. The lowest BCUT2D eigenvalue weighted by Gasteiger charge is -2.31. The summed E-state index contributed by atoms with van der Waals surface area (Å²) in [5.41, 5.74) is 2.52. The lowest BCUT2D eigenvalue weighted by molar-refractivity contribution is 0.0983. The van der Waals surface area contributed by atoms with Crippen molar-refractivity contribution in [3.8, 4) is 0 Å². The number of amides is 1. The number of piperidine rings is 1. The van der Waals surface area contributed by atoms with Crippen LogP contribution in [0.3, 0.4) is 0 Å². The Kier molecular flexibility index (Phi) is 5.04. The van der Waals surface area contributed by atoms with Gasteiger partial charge in [0.15, 0.2) is 5.82 Å². The summed E-state index contributed by atoms with van der Waals surface area (Å²) >= 11 is 0. The van der Waals surface area contributed by atoms with Gasteiger partial charge >= 0.3 is 6.09 Å². The molecule has 27 heavy (non-hydrogen) atoms. The lowest BCUT2D eigenvalue weighted by Crippen LogP contribution is -2.42. The first kappa shape index (κ1) is 17.5. The first-order valence-electron chi connectivity index (χ1n) is 9.48. The Hall–Kier alpha value is -2.90. The van der Waals surface area contributed by atoms with E-state index < -0.39 is 0 Å². The van der Waals surface area contributed by atoms with Crippen LogP contribution in [0.2, 0.25) is 0 Å². The molecule has 1 N–H and O–H groups in total. The van der Waals surface area contributed by atoms with Gasteiger partial charge in [0.1, 0.15) is 0 Å². The van der Waals surface area contributed by atoms with Gasteiger partial charge in [-0.05, 0) is 37.8 Å². The topological polar surface area (TPSA) is 83.5 Å². The number of hydrogen-bond donors (Lipinski definition) is 1. The number of aromatic nitrogens is 3. The van der Waals surface area contributed by atoms with Crippen molar-refractivity contribution in [2.45, 2.75) is 32.2 Å². The van der Waals surface area contributed by atoms with E-state index in [0.717, 1.165) is 31.6 Å². The number of carbonyl (C=O) groups is 1. The van der Waals surface area contributed by atoms with Crippen molar-refractivity contribution in [3.63, 3.8) is 0 Å². The van der Waals surface area contributed by atoms with Crippen LogP contribution >= 0.6 is 0 Å². The van der Waals surface area contributed by atoms with Crippen LogP contribution in [0.1, 0.15) is 25.3 Å². The molecule has 2 aromatic rings. The van der Waals surface area contributed by atoms with Crippen molar-refractivity contribution in [1.82, 2.24) is 20.1 Å². The number of para-hydroxylation sites is 1. The minimum absolute atomic E-state index is 0.221. The molecule has 142 valence electrons. The molecular weight excluding hydrogens is 344 g/mol. The van der Waals surface area contributed by atoms with Crippen molar-refractivity contribution in [1.29, 1.82) is 0 Å². The lowest BCUT2D eigenvalue weighted by atomic mass is 10.1. The first-order valence-corrected chi connectivity index (χ1v) is 9.48. The second kappa shape index (κ2) is 7.77. The number of carbonyl (C=O) groups excluding carboxylic acids is 1. The number of nitrogens with one attached hydrogen (secondary N) is 1. The SMILES string of the molecule is CCOC(=O)N1CCC(Nc2nncc(N3CCc4ccccc43)n2)CC1. The summed E-state index contributed by atoms with van der Waals surface area (Å²) in [6.45, 7) is 4.47. The smallest absolute Gasteiger partial charge is 0.409 e. The third-order valence-corrected chi connectivity index (χ3v) is 5.06. The minimum Gasteiger partial charge on any atom is -0.450 e. The van der Waals surface area contributed by atoms with Gasteiger partial charge in [0.05, 0.1) is 12.8 Å². The van der Waals surface area contributed by atoms with Crippen LogP contribution in [-0.4, -0.2) is 58.5 Å². The van der Waals surface area contributed by atoms with Gasteiger partial charge in [-0.25, -0.2) is 4.79 Å². The van der Waals surface area contributed by atoms with E-state index in [0.29, 0.717) is 25.6 Å². The number of fused-ring (bicyclic) bond motifs is 1. The molecule has 0 saturated carbocycles. The highest BCUT2D eigenvalue weighted by molar-refractivity contribution is 5.68. The molecule has 1 aromatic heterocycles. The summed E-state index contributed by atoms with van der Waals surface area (Å²) in [6.07, 6.45) is 4.15. The predicted molar refractivity (Wildman–Crippen MR) is 102 cm³/mol. The molecule has 0 spiro atoms. The normalized spacial score (nSPS) is 16.9. The molecule has 0 unspecified atom stereocenters. The molecule has 1 saturated heterocycles. The molecule has 0 radical (unpaired) electrons. The molecule has 2 aliphatic heterocycles. The Morgan fingerprint density at radius 3 is 2.89 bits per heavy atom. The van der Waals surface area contributed by atoms with Gasteiger partial charge in [-0.3, -0.25) is 0 Å². The largest absolute Gasteiger partial charge is 0.450 e. The number of benzene rings is 1. The average molecular weight is 368 g/mol. The molecule has 4 rings (SSSR count). The van der Waals surface area contributed by atoms with Gasteiger partial charge in [0.2, 0.25) is 5.95 Å². The van der Waals surface area contributed by atoms with Gasteiger partial charge in [-0.15, -0.1) is 5.10 Å². The zero-order valence-corrected chi connectivity index (χ0v) is 15.5. The van der Waals surface area contributed by atoms with Crippen LogP contribution in [0.5, 0.6) is 0 Å². The Morgan fingerprint density at radius 2 is 2.07 bits per heavy atom. The molecular formula is C19H24N6O2. The van der Waals surface area contributed by atoms with Crippen LogP contribution in [0.15, 0.2) is 30.5 Å². The Balaban J connectivity index is 1.39. The molecule has 1 fully saturated rings. The van der Waals surface area contributed by atoms with Gasteiger partial charge in [0.25, 0.3) is 0 Å². The van der Waals surface area contributed by atoms with Crippen LogP contribution in [0, 0.1) is 0 Å². The number of nitrogens with zero attached hydrogens (tertiary/aromatic N) is 5. The van der Waals surface area contributed by atoms with E-state index in [1.165, 1.54) is 11.3 Å². The highest BCUT2D eigenvalue weighted by Crippen LogP contribution is 2.33. The summed E-state index contributed by atoms with van der Waals surface area (Å²) in [4.78, 5) is 20.4. The van der Waals surface area contributed by atoms with E-state index in [9.17, 15) is 4.79 Å². The van der Waals surface area contributed by atoms with Gasteiger partial charge in [-0.2, -0.15) is 10.1 Å². The third-order valence-electron chi connectivity index (χ3n) is 5.06. The van der Waals surface area contributed by atoms with Crippen LogP contribution < -0.4 is 10.2 Å². The molecule has 1 amide bonds. The first-order chi connectivity index (χ1) is 13.2. The van der Waals surface area contributed by atoms with Crippen molar-refractivity contribution >= 4 is 23.5 Å². The molecule has 2 aliphatic rings. The van der Waals surface area contributed by atoms with Gasteiger partial charge < -0.3 is 19.9 Å². The van der Waals surface area contributed by atoms with Crippen molar-refractivity contribution < 1.29 is 9.53 Å². The van der Waals surface area contributed by atoms with E-state index in [4.69, 9.17) is 4.74 Å². The van der Waals surface area contributed by atoms with Crippen molar-refractivity contribution in [3.05, 3.63) is 36.0 Å². The second-order valence-electron chi connectivity index (χ2n) is 6.77. The summed E-state index contributed by atoms with van der Waals surface area (Å²) in [5, 5.41) is 11.6. The summed E-state index contributed by atoms with van der Waals surface area (Å²) in [6, 6.07) is 8.60. The second-order valence-corrected chi connectivity index (χ2v) is 6.77. The molecule has 8 nitrogen and oxygen atoms in total. The summed E-state index contributed by atoms with van der Waals surface area (Å²) < 4.78 is 5.06. The summed E-state index contributed by atoms with van der Waals surface area (Å²) in [7, 11) is 0. The summed E-state index contributed by atoms with van der Waals surface area (Å²) in [5.74, 6) is 1.34. The Morgan fingerprint density at radius 1 is 1.26 bits per heavy atom. The Bertz CT molecular complexity index is 806. The average Bonchev–Trinajstić information content (AvgIpc) is 3.13.